The molecular weight excluding hydrogens is 276 g/mol. The Morgan fingerprint density at radius 2 is 1.79 bits per heavy atom. The van der Waals surface area contributed by atoms with Crippen molar-refractivity contribution >= 4 is 0 Å². The summed E-state index contributed by atoms with van der Waals surface area (Å²) in [6.45, 7) is 0. The van der Waals surface area contributed by atoms with Gasteiger partial charge in [0.05, 0.1) is 6.10 Å². The van der Waals surface area contributed by atoms with Gasteiger partial charge in [0.1, 0.15) is 0 Å². The van der Waals surface area contributed by atoms with Gasteiger partial charge in [-0.05, 0) is 5.56 Å². The molecule has 2 aliphatic rings. The predicted molar refractivity (Wildman–Crippen MR) is 65.7 cm³/mol. The van der Waals surface area contributed by atoms with Crippen molar-refractivity contribution in [2.75, 3.05) is 0 Å². The smallest absolute Gasteiger partial charge is 0.385 e. The number of hydrogen-bond donors (Lipinski definition) is 1. The second-order valence-electron chi connectivity index (χ2n) is 3.35. The minimum Gasteiger partial charge on any atom is -0.385 e. The molecule has 0 bridgehead atoms. The number of allylic oxidation sites excluding steroid dienone is 2. The van der Waals surface area contributed by atoms with Gasteiger partial charge in [0, 0.05) is 0 Å². The van der Waals surface area contributed by atoms with Crippen LogP contribution in [0.15, 0.2) is 70.3 Å². The first-order valence-corrected chi connectivity index (χ1v) is 5.25. The van der Waals surface area contributed by atoms with Crippen molar-refractivity contribution in [1.29, 1.82) is 0 Å². The minimum absolute atomic E-state index is 0. The van der Waals surface area contributed by atoms with Gasteiger partial charge in [-0.25, -0.2) is 11.5 Å². The van der Waals surface area contributed by atoms with Crippen molar-refractivity contribution in [3.63, 3.8) is 0 Å². The second-order valence-corrected chi connectivity index (χ2v) is 3.35. The molecular formula is C17H7FeO. The Labute approximate surface area is 122 Å². The summed E-state index contributed by atoms with van der Waals surface area (Å²) in [6.07, 6.45) is 7.09. The molecule has 0 aliphatic heterocycles. The van der Waals surface area contributed by atoms with Crippen molar-refractivity contribution in [2.24, 2.45) is 0 Å². The van der Waals surface area contributed by atoms with E-state index in [-0.39, 0.29) is 17.1 Å². The van der Waals surface area contributed by atoms with Gasteiger partial charge in [-0.2, -0.15) is 0 Å². The van der Waals surface area contributed by atoms with Crippen molar-refractivity contribution in [3.8, 4) is 0 Å². The standard InChI is InChI=1S/C12H7O.C5.Fe/c13-12(11-8-4-5-9-11)10-6-2-1-3-7-10;1-2-4-5-3-1;/h1-3,6-7,12-13H;;/q2*-1;+2. The van der Waals surface area contributed by atoms with Crippen LogP contribution in [-0.2, 0) is 17.1 Å². The molecule has 0 heterocycles. The molecule has 0 saturated heterocycles. The van der Waals surface area contributed by atoms with E-state index in [1.54, 1.807) is 0 Å². The molecule has 1 radical (unpaired) electrons. The summed E-state index contributed by atoms with van der Waals surface area (Å²) in [4.78, 5) is 0. The fraction of sp³-hybridized carbons (Fsp3) is 0.0588. The molecule has 0 aromatic heterocycles. The Hall–Kier alpha value is -2.14. The topological polar surface area (TPSA) is 20.2 Å². The molecule has 1 atom stereocenters. The van der Waals surface area contributed by atoms with Crippen LogP contribution in [0.25, 0.3) is 0 Å². The molecule has 1 aromatic carbocycles. The molecule has 1 aromatic rings. The van der Waals surface area contributed by atoms with Crippen LogP contribution >= 0.6 is 0 Å². The average Bonchev–Trinajstić information content (AvgIpc) is 3.14. The summed E-state index contributed by atoms with van der Waals surface area (Å²) < 4.78 is 0. The Bertz CT molecular complexity index is 688. The van der Waals surface area contributed by atoms with Crippen LogP contribution in [0.5, 0.6) is 0 Å². The number of aliphatic hydroxyl groups is 1. The van der Waals surface area contributed by atoms with E-state index in [1.165, 1.54) is 0 Å². The molecule has 3 rings (SSSR count). The van der Waals surface area contributed by atoms with E-state index in [0.29, 0.717) is 5.57 Å². The first kappa shape index (κ1) is 14.9. The molecule has 1 unspecified atom stereocenters. The molecule has 0 amide bonds. The molecule has 89 valence electrons. The number of benzene rings is 1. The summed E-state index contributed by atoms with van der Waals surface area (Å²) >= 11 is 0. The van der Waals surface area contributed by atoms with Gasteiger partial charge in [0.2, 0.25) is 0 Å². The Morgan fingerprint density at radius 1 is 1.00 bits per heavy atom. The SMILES string of the molecule is OC(C1=C=C=C=[C-]1)c1ccccc1.[C]1=C=C=C=[C-]1.[Fe+2]. The quantitative estimate of drug-likeness (QED) is 0.502. The van der Waals surface area contributed by atoms with E-state index in [1.807, 2.05) is 30.3 Å². The van der Waals surface area contributed by atoms with Gasteiger partial charge in [-0.1, -0.05) is 35.9 Å². The normalized spacial score (nSPS) is 13.0. The monoisotopic (exact) mass is 283 g/mol. The van der Waals surface area contributed by atoms with E-state index in [9.17, 15) is 5.11 Å². The van der Waals surface area contributed by atoms with Crippen LogP contribution in [-0.4, -0.2) is 5.11 Å². The molecule has 1 N–H and O–H groups in total. The summed E-state index contributed by atoms with van der Waals surface area (Å²) in [6, 6.07) is 9.40. The summed E-state index contributed by atoms with van der Waals surface area (Å²) in [5.74, 6) is 0. The molecule has 19 heavy (non-hydrogen) atoms. The first-order valence-electron chi connectivity index (χ1n) is 5.25. The third-order valence-electron chi connectivity index (χ3n) is 2.16. The number of aliphatic hydroxyl groups excluding tert-OH is 1. The van der Waals surface area contributed by atoms with Crippen LogP contribution in [0.4, 0.5) is 0 Å². The molecule has 0 saturated carbocycles. The minimum atomic E-state index is -0.663. The third kappa shape index (κ3) is 4.56. The fourth-order valence-electron chi connectivity index (χ4n) is 1.32. The zero-order chi connectivity index (χ0) is 12.6. The maximum absolute atomic E-state index is 9.78. The Balaban J connectivity index is 0.000000256. The summed E-state index contributed by atoms with van der Waals surface area (Å²) in [5.41, 5.74) is 16.9. The molecule has 0 fully saturated rings. The molecule has 2 heteroatoms. The second kappa shape index (κ2) is 8.05. The van der Waals surface area contributed by atoms with Crippen molar-refractivity contribution in [3.05, 3.63) is 94.1 Å². The zero-order valence-electron chi connectivity index (χ0n) is 9.76. The van der Waals surface area contributed by atoms with Gasteiger partial charge in [-0.3, -0.25) is 22.9 Å². The molecule has 2 aliphatic carbocycles. The van der Waals surface area contributed by atoms with E-state index in [2.05, 4.69) is 52.6 Å². The summed E-state index contributed by atoms with van der Waals surface area (Å²) in [7, 11) is 0. The predicted octanol–water partition coefficient (Wildman–Crippen LogP) is 2.55. The van der Waals surface area contributed by atoms with Crippen LogP contribution < -0.4 is 0 Å². The Kier molecular flexibility index (Phi) is 6.32. The van der Waals surface area contributed by atoms with Gasteiger partial charge >= 0.3 is 17.1 Å². The maximum atomic E-state index is 9.78. The van der Waals surface area contributed by atoms with Crippen molar-refractivity contribution in [2.45, 2.75) is 6.10 Å². The van der Waals surface area contributed by atoms with Crippen molar-refractivity contribution < 1.29 is 22.2 Å². The van der Waals surface area contributed by atoms with Crippen LogP contribution in [0.1, 0.15) is 11.7 Å². The van der Waals surface area contributed by atoms with E-state index in [4.69, 9.17) is 0 Å². The van der Waals surface area contributed by atoms with E-state index in [0.717, 1.165) is 5.56 Å². The third-order valence-corrected chi connectivity index (χ3v) is 2.16. The van der Waals surface area contributed by atoms with Gasteiger partial charge < -0.3 is 5.11 Å². The van der Waals surface area contributed by atoms with Gasteiger partial charge in [0.15, 0.2) is 0 Å². The van der Waals surface area contributed by atoms with Crippen molar-refractivity contribution in [1.82, 2.24) is 0 Å². The first-order chi connectivity index (χ1) is 8.88. The largest absolute Gasteiger partial charge is 2.00 e. The average molecular weight is 283 g/mol. The fourth-order valence-corrected chi connectivity index (χ4v) is 1.32. The Morgan fingerprint density at radius 3 is 2.26 bits per heavy atom. The number of rotatable bonds is 2. The van der Waals surface area contributed by atoms with Crippen LogP contribution in [0, 0.1) is 18.2 Å². The van der Waals surface area contributed by atoms with Gasteiger partial charge in [0.25, 0.3) is 0 Å². The van der Waals surface area contributed by atoms with E-state index < -0.39 is 6.10 Å². The van der Waals surface area contributed by atoms with Gasteiger partial charge in [-0.15, -0.1) is 18.2 Å². The van der Waals surface area contributed by atoms with Crippen LogP contribution in [0.3, 0.4) is 0 Å². The van der Waals surface area contributed by atoms with Crippen LogP contribution in [0.2, 0.25) is 0 Å². The molecule has 1 nitrogen and oxygen atoms in total. The summed E-state index contributed by atoms with van der Waals surface area (Å²) in [5, 5.41) is 9.78. The van der Waals surface area contributed by atoms with E-state index >= 15 is 0 Å². The number of hydrogen-bond acceptors (Lipinski definition) is 1. The molecule has 0 spiro atoms. The zero-order valence-corrected chi connectivity index (χ0v) is 10.9. The maximum Gasteiger partial charge on any atom is 2.00 e.